The maximum atomic E-state index is 12.3. The number of benzene rings is 1. The molecule has 120 valence electrons. The summed E-state index contributed by atoms with van der Waals surface area (Å²) in [5, 5.41) is 3.35. The highest BCUT2D eigenvalue weighted by Gasteiger charge is 2.12. The van der Waals surface area contributed by atoms with Crippen molar-refractivity contribution in [2.45, 2.75) is 39.5 Å². The van der Waals surface area contributed by atoms with E-state index in [0.717, 1.165) is 12.0 Å². The highest BCUT2D eigenvalue weighted by Crippen LogP contribution is 2.29. The van der Waals surface area contributed by atoms with Crippen molar-refractivity contribution in [1.82, 2.24) is 5.32 Å². The van der Waals surface area contributed by atoms with Crippen LogP contribution < -0.4 is 14.8 Å². The molecule has 0 aromatic heterocycles. The summed E-state index contributed by atoms with van der Waals surface area (Å²) >= 11 is 0. The van der Waals surface area contributed by atoms with Crippen LogP contribution in [0.3, 0.4) is 0 Å². The van der Waals surface area contributed by atoms with Crippen LogP contribution in [0.2, 0.25) is 0 Å². The molecule has 0 heterocycles. The monoisotopic (exact) mass is 303 g/mol. The molecule has 0 aliphatic carbocycles. The predicted octanol–water partition coefficient (Wildman–Crippen LogP) is 3.20. The molecule has 1 aromatic carbocycles. The third kappa shape index (κ3) is 6.27. The van der Waals surface area contributed by atoms with Crippen LogP contribution >= 0.6 is 0 Å². The first-order valence-electron chi connectivity index (χ1n) is 7.03. The third-order valence-corrected chi connectivity index (χ3v) is 2.98. The molecule has 1 N–H and O–H groups in total. The van der Waals surface area contributed by atoms with E-state index in [1.165, 1.54) is 6.07 Å². The summed E-state index contributed by atoms with van der Waals surface area (Å²) in [5.74, 6) is 0.386. The fourth-order valence-electron chi connectivity index (χ4n) is 1.91. The lowest BCUT2D eigenvalue weighted by atomic mass is 10.1. The molecule has 0 amide bonds. The molecule has 1 rings (SSSR count). The molecule has 1 unspecified atom stereocenters. The highest BCUT2D eigenvalue weighted by molar-refractivity contribution is 5.43. The molecule has 0 bridgehead atoms. The Morgan fingerprint density at radius 2 is 1.95 bits per heavy atom. The van der Waals surface area contributed by atoms with E-state index in [2.05, 4.69) is 17.0 Å². The second kappa shape index (κ2) is 9.52. The highest BCUT2D eigenvalue weighted by atomic mass is 19.3. The Balaban J connectivity index is 2.72. The van der Waals surface area contributed by atoms with Crippen molar-refractivity contribution in [1.29, 1.82) is 0 Å². The number of alkyl halides is 2. The maximum Gasteiger partial charge on any atom is 0.387 e. The van der Waals surface area contributed by atoms with E-state index in [9.17, 15) is 8.78 Å². The van der Waals surface area contributed by atoms with E-state index < -0.39 is 6.61 Å². The zero-order chi connectivity index (χ0) is 15.7. The standard InChI is InChI=1S/C15H23F2NO3/c1-4-12(10-19-3)18-9-11-6-7-13(21-15(16)17)14(8-11)20-5-2/h6-8,12,15,18H,4-5,9-10H2,1-3H3. The Morgan fingerprint density at radius 1 is 1.19 bits per heavy atom. The van der Waals surface area contributed by atoms with Gasteiger partial charge in [-0.2, -0.15) is 8.78 Å². The van der Waals surface area contributed by atoms with Crippen LogP contribution in [0, 0.1) is 0 Å². The largest absolute Gasteiger partial charge is 0.490 e. The molecule has 0 spiro atoms. The van der Waals surface area contributed by atoms with Gasteiger partial charge in [0.25, 0.3) is 0 Å². The van der Waals surface area contributed by atoms with Gasteiger partial charge in [-0.1, -0.05) is 13.0 Å². The SMILES string of the molecule is CCOc1cc(CNC(CC)COC)ccc1OC(F)F. The molecule has 1 atom stereocenters. The smallest absolute Gasteiger partial charge is 0.387 e. The van der Waals surface area contributed by atoms with Crippen molar-refractivity contribution < 1.29 is 23.0 Å². The lowest BCUT2D eigenvalue weighted by Gasteiger charge is -2.17. The molecule has 0 radical (unpaired) electrons. The summed E-state index contributed by atoms with van der Waals surface area (Å²) in [6.07, 6.45) is 0.943. The first-order chi connectivity index (χ1) is 10.1. The second-order valence-electron chi connectivity index (χ2n) is 4.53. The normalized spacial score (nSPS) is 12.5. The summed E-state index contributed by atoms with van der Waals surface area (Å²) in [6, 6.07) is 5.22. The van der Waals surface area contributed by atoms with Crippen molar-refractivity contribution in [3.8, 4) is 11.5 Å². The number of hydrogen-bond acceptors (Lipinski definition) is 4. The Labute approximate surface area is 124 Å². The quantitative estimate of drug-likeness (QED) is 0.720. The van der Waals surface area contributed by atoms with E-state index in [-0.39, 0.29) is 11.8 Å². The van der Waals surface area contributed by atoms with E-state index in [0.29, 0.717) is 25.5 Å². The van der Waals surface area contributed by atoms with Gasteiger partial charge in [-0.15, -0.1) is 0 Å². The average Bonchev–Trinajstić information content (AvgIpc) is 2.45. The minimum absolute atomic E-state index is 0.0551. The summed E-state index contributed by atoms with van der Waals surface area (Å²) < 4.78 is 39.5. The minimum atomic E-state index is -2.86. The van der Waals surface area contributed by atoms with Gasteiger partial charge in [-0.05, 0) is 31.0 Å². The summed E-state index contributed by atoms with van der Waals surface area (Å²) in [4.78, 5) is 0. The molecule has 6 heteroatoms. The molecular weight excluding hydrogens is 280 g/mol. The topological polar surface area (TPSA) is 39.7 Å². The predicted molar refractivity (Wildman–Crippen MR) is 77.0 cm³/mol. The van der Waals surface area contributed by atoms with Gasteiger partial charge in [-0.25, -0.2) is 0 Å². The van der Waals surface area contributed by atoms with Crippen LogP contribution in [0.15, 0.2) is 18.2 Å². The molecule has 4 nitrogen and oxygen atoms in total. The Hall–Kier alpha value is -1.40. The lowest BCUT2D eigenvalue weighted by molar-refractivity contribution is -0.0514. The number of nitrogens with one attached hydrogen (secondary N) is 1. The number of ether oxygens (including phenoxy) is 3. The molecule has 0 aliphatic heterocycles. The fraction of sp³-hybridized carbons (Fsp3) is 0.600. The van der Waals surface area contributed by atoms with E-state index in [4.69, 9.17) is 9.47 Å². The Bertz CT molecular complexity index is 416. The molecule has 21 heavy (non-hydrogen) atoms. The first-order valence-corrected chi connectivity index (χ1v) is 7.03. The van der Waals surface area contributed by atoms with Gasteiger partial charge >= 0.3 is 6.61 Å². The number of methoxy groups -OCH3 is 1. The third-order valence-electron chi connectivity index (χ3n) is 2.98. The van der Waals surface area contributed by atoms with Gasteiger partial charge in [0.1, 0.15) is 0 Å². The number of rotatable bonds is 10. The summed E-state index contributed by atoms with van der Waals surface area (Å²) in [6.45, 7) is 2.63. The van der Waals surface area contributed by atoms with Gasteiger partial charge in [0.15, 0.2) is 11.5 Å². The molecule has 0 fully saturated rings. The van der Waals surface area contributed by atoms with Gasteiger partial charge in [-0.3, -0.25) is 0 Å². The number of halogens is 2. The van der Waals surface area contributed by atoms with Crippen molar-refractivity contribution in [3.05, 3.63) is 23.8 Å². The minimum Gasteiger partial charge on any atom is -0.490 e. The zero-order valence-corrected chi connectivity index (χ0v) is 12.7. The molecule has 1 aromatic rings. The number of hydrogen-bond donors (Lipinski definition) is 1. The molecule has 0 saturated heterocycles. The van der Waals surface area contributed by atoms with Crippen LogP contribution in [-0.4, -0.2) is 33.0 Å². The zero-order valence-electron chi connectivity index (χ0n) is 12.7. The van der Waals surface area contributed by atoms with Crippen molar-refractivity contribution >= 4 is 0 Å². The first kappa shape index (κ1) is 17.7. The van der Waals surface area contributed by atoms with Crippen LogP contribution in [0.1, 0.15) is 25.8 Å². The second-order valence-corrected chi connectivity index (χ2v) is 4.53. The van der Waals surface area contributed by atoms with E-state index in [1.807, 2.05) is 0 Å². The van der Waals surface area contributed by atoms with Gasteiger partial charge in [0.05, 0.1) is 13.2 Å². The van der Waals surface area contributed by atoms with Gasteiger partial charge in [0, 0.05) is 19.7 Å². The maximum absolute atomic E-state index is 12.3. The van der Waals surface area contributed by atoms with Gasteiger partial charge in [0.2, 0.25) is 0 Å². The Morgan fingerprint density at radius 3 is 2.52 bits per heavy atom. The van der Waals surface area contributed by atoms with Crippen LogP contribution in [0.25, 0.3) is 0 Å². The summed E-state index contributed by atoms with van der Waals surface area (Å²) in [7, 11) is 1.66. The van der Waals surface area contributed by atoms with Crippen LogP contribution in [-0.2, 0) is 11.3 Å². The van der Waals surface area contributed by atoms with Crippen molar-refractivity contribution in [2.75, 3.05) is 20.3 Å². The van der Waals surface area contributed by atoms with Crippen LogP contribution in [0.4, 0.5) is 8.78 Å². The van der Waals surface area contributed by atoms with Crippen LogP contribution in [0.5, 0.6) is 11.5 Å². The Kier molecular flexibility index (Phi) is 8.00. The average molecular weight is 303 g/mol. The lowest BCUT2D eigenvalue weighted by Crippen LogP contribution is -2.32. The van der Waals surface area contributed by atoms with E-state index >= 15 is 0 Å². The van der Waals surface area contributed by atoms with Gasteiger partial charge < -0.3 is 19.5 Å². The molecule has 0 aliphatic rings. The summed E-state index contributed by atoms with van der Waals surface area (Å²) in [5.41, 5.74) is 0.939. The van der Waals surface area contributed by atoms with Crippen molar-refractivity contribution in [2.24, 2.45) is 0 Å². The molecule has 0 saturated carbocycles. The van der Waals surface area contributed by atoms with Crippen molar-refractivity contribution in [3.63, 3.8) is 0 Å². The molecular formula is C15H23F2NO3. The van der Waals surface area contributed by atoms with E-state index in [1.54, 1.807) is 26.2 Å². The fourth-order valence-corrected chi connectivity index (χ4v) is 1.91.